The Bertz CT molecular complexity index is 1280. The summed E-state index contributed by atoms with van der Waals surface area (Å²) in [5.74, 6) is -0.121. The molecule has 3 heterocycles. The number of hydrazine groups is 1. The Balaban J connectivity index is 1.89. The van der Waals surface area contributed by atoms with E-state index in [-0.39, 0.29) is 22.4 Å². The van der Waals surface area contributed by atoms with Crippen molar-refractivity contribution in [2.45, 2.75) is 37.0 Å². The van der Waals surface area contributed by atoms with Crippen molar-refractivity contribution in [1.29, 1.82) is 0 Å². The Morgan fingerprint density at radius 2 is 1.71 bits per heavy atom. The number of piperidine rings is 1. The maximum atomic E-state index is 13.9. The lowest BCUT2D eigenvalue weighted by Crippen LogP contribution is -2.53. The molecule has 1 N–H and O–H groups in total. The fourth-order valence-electron chi connectivity index (χ4n) is 4.22. The Kier molecular flexibility index (Phi) is 7.11. The normalized spacial score (nSPS) is 15.8. The van der Waals surface area contributed by atoms with Crippen molar-refractivity contribution in [1.82, 2.24) is 20.3 Å². The van der Waals surface area contributed by atoms with Gasteiger partial charge in [-0.3, -0.25) is 0 Å². The van der Waals surface area contributed by atoms with Crippen LogP contribution < -0.4 is 9.73 Å². The number of nitrogens with zero attached hydrogens (tertiary/aromatic N) is 4. The molecule has 7 nitrogen and oxygen atoms in total. The van der Waals surface area contributed by atoms with Crippen LogP contribution in [-0.2, 0) is 16.2 Å². The molecule has 35 heavy (non-hydrogen) atoms. The smallest absolute Gasteiger partial charge is 0.317 e. The molecule has 0 unspecified atom stereocenters. The Labute approximate surface area is 202 Å². The van der Waals surface area contributed by atoms with Crippen LogP contribution in [0.5, 0.6) is 0 Å². The number of benzene rings is 1. The van der Waals surface area contributed by atoms with Crippen molar-refractivity contribution in [3.63, 3.8) is 0 Å². The highest BCUT2D eigenvalue weighted by Crippen LogP contribution is 2.40. The lowest BCUT2D eigenvalue weighted by Gasteiger charge is -2.39. The van der Waals surface area contributed by atoms with Crippen LogP contribution in [0.4, 0.5) is 19.0 Å². The molecule has 1 fully saturated rings. The van der Waals surface area contributed by atoms with Crippen molar-refractivity contribution in [3.05, 3.63) is 72.1 Å². The first-order valence-electron chi connectivity index (χ1n) is 11.1. The zero-order valence-electron chi connectivity index (χ0n) is 19.3. The standard InChI is InChI=1S/C24H26F3N5O2S/c1-17-7-3-4-8-19(17)20-15-22(30-16-21(20)24(25,26)27)32(31-13-10-18(28-2)11-14-31)35(33,34)23-9-5-6-12-29-23/h3-9,12,15-16,18,28H,10-11,13-14H2,1-2H3. The number of hydrogen-bond donors (Lipinski definition) is 1. The van der Waals surface area contributed by atoms with E-state index in [4.69, 9.17) is 0 Å². The SMILES string of the molecule is CNC1CCN(N(c2cc(-c3ccccc3C)c(C(F)(F)F)cn2)S(=O)(=O)c2ccccn2)CC1. The van der Waals surface area contributed by atoms with Gasteiger partial charge in [-0.1, -0.05) is 30.3 Å². The van der Waals surface area contributed by atoms with E-state index in [1.165, 1.54) is 18.3 Å². The summed E-state index contributed by atoms with van der Waals surface area (Å²) in [6.07, 6.45) is -1.28. The number of aromatic nitrogens is 2. The van der Waals surface area contributed by atoms with Crippen molar-refractivity contribution < 1.29 is 21.6 Å². The Hall–Kier alpha value is -3.02. The summed E-state index contributed by atoms with van der Waals surface area (Å²) in [6, 6.07) is 12.6. The average Bonchev–Trinajstić information content (AvgIpc) is 2.84. The van der Waals surface area contributed by atoms with Gasteiger partial charge in [-0.15, -0.1) is 0 Å². The minimum atomic E-state index is -4.67. The van der Waals surface area contributed by atoms with Crippen molar-refractivity contribution in [3.8, 4) is 11.1 Å². The molecule has 0 amide bonds. The molecule has 4 rings (SSSR count). The number of halogens is 3. The summed E-state index contributed by atoms with van der Waals surface area (Å²) in [5.41, 5.74) is -0.0803. The summed E-state index contributed by atoms with van der Waals surface area (Å²) >= 11 is 0. The predicted octanol–water partition coefficient (Wildman–Crippen LogP) is 4.26. The summed E-state index contributed by atoms with van der Waals surface area (Å²) < 4.78 is 70.3. The van der Waals surface area contributed by atoms with Gasteiger partial charge in [0.1, 0.15) is 0 Å². The fourth-order valence-corrected chi connectivity index (χ4v) is 5.65. The molecule has 0 spiro atoms. The molecule has 0 bridgehead atoms. The summed E-state index contributed by atoms with van der Waals surface area (Å²) in [5, 5.41) is 4.58. The molecule has 2 aromatic heterocycles. The van der Waals surface area contributed by atoms with Gasteiger partial charge in [0, 0.05) is 31.5 Å². The zero-order chi connectivity index (χ0) is 25.2. The third kappa shape index (κ3) is 5.16. The van der Waals surface area contributed by atoms with Crippen LogP contribution in [0.15, 0.2) is 66.0 Å². The van der Waals surface area contributed by atoms with E-state index in [2.05, 4.69) is 15.3 Å². The van der Waals surface area contributed by atoms with Crippen LogP contribution in [-0.4, -0.2) is 49.6 Å². The first-order valence-corrected chi connectivity index (χ1v) is 12.6. The van der Waals surface area contributed by atoms with E-state index in [0.29, 0.717) is 43.3 Å². The van der Waals surface area contributed by atoms with E-state index < -0.39 is 21.8 Å². The van der Waals surface area contributed by atoms with E-state index in [1.54, 1.807) is 48.3 Å². The van der Waals surface area contributed by atoms with E-state index >= 15 is 0 Å². The topological polar surface area (TPSA) is 78.4 Å². The second-order valence-electron chi connectivity index (χ2n) is 8.33. The second kappa shape index (κ2) is 9.92. The lowest BCUT2D eigenvalue weighted by atomic mass is 9.97. The maximum Gasteiger partial charge on any atom is 0.418 e. The molecule has 1 saturated heterocycles. The number of aryl methyl sites for hydroxylation is 1. The fraction of sp³-hybridized carbons (Fsp3) is 0.333. The van der Waals surface area contributed by atoms with E-state index in [1.807, 2.05) is 7.05 Å². The maximum absolute atomic E-state index is 13.9. The number of alkyl halides is 3. The first-order chi connectivity index (χ1) is 16.6. The zero-order valence-corrected chi connectivity index (χ0v) is 20.1. The number of hydrogen-bond acceptors (Lipinski definition) is 6. The van der Waals surface area contributed by atoms with Gasteiger partial charge in [-0.25, -0.2) is 15.0 Å². The molecular formula is C24H26F3N5O2S. The number of anilines is 1. The number of rotatable bonds is 6. The third-order valence-corrected chi connectivity index (χ3v) is 7.74. The first kappa shape index (κ1) is 25.1. The van der Waals surface area contributed by atoms with Crippen LogP contribution in [0, 0.1) is 6.92 Å². The van der Waals surface area contributed by atoms with Gasteiger partial charge in [-0.2, -0.15) is 26.0 Å². The van der Waals surface area contributed by atoms with Gasteiger partial charge >= 0.3 is 6.18 Å². The number of pyridine rings is 2. The molecule has 0 atom stereocenters. The molecule has 186 valence electrons. The van der Waals surface area contributed by atoms with Gasteiger partial charge < -0.3 is 5.32 Å². The summed E-state index contributed by atoms with van der Waals surface area (Å²) in [7, 11) is -2.41. The molecule has 1 aromatic carbocycles. The van der Waals surface area contributed by atoms with E-state index in [9.17, 15) is 21.6 Å². The molecule has 0 saturated carbocycles. The summed E-state index contributed by atoms with van der Waals surface area (Å²) in [6.45, 7) is 2.46. The third-order valence-electron chi connectivity index (χ3n) is 6.09. The molecule has 0 radical (unpaired) electrons. The average molecular weight is 506 g/mol. The minimum absolute atomic E-state index is 0.121. The van der Waals surface area contributed by atoms with Crippen molar-refractivity contribution in [2.24, 2.45) is 0 Å². The Morgan fingerprint density at radius 1 is 1.03 bits per heavy atom. The quantitative estimate of drug-likeness (QED) is 0.539. The lowest BCUT2D eigenvalue weighted by molar-refractivity contribution is -0.137. The van der Waals surface area contributed by atoms with Gasteiger partial charge in [0.05, 0.1) is 5.56 Å². The van der Waals surface area contributed by atoms with Crippen molar-refractivity contribution >= 4 is 15.8 Å². The number of nitrogens with one attached hydrogen (secondary N) is 1. The van der Waals surface area contributed by atoms with Crippen LogP contribution in [0.25, 0.3) is 11.1 Å². The van der Waals surface area contributed by atoms with Crippen LogP contribution in [0.3, 0.4) is 0 Å². The van der Waals surface area contributed by atoms with E-state index in [0.717, 1.165) is 4.41 Å². The Morgan fingerprint density at radius 3 is 2.31 bits per heavy atom. The molecular weight excluding hydrogens is 479 g/mol. The van der Waals surface area contributed by atoms with Gasteiger partial charge in [-0.05, 0) is 61.7 Å². The molecule has 0 aliphatic carbocycles. The molecule has 11 heteroatoms. The minimum Gasteiger partial charge on any atom is -0.317 e. The molecule has 1 aliphatic heterocycles. The van der Waals surface area contributed by atoms with Crippen molar-refractivity contribution in [2.75, 3.05) is 24.6 Å². The number of sulfonamides is 1. The molecule has 1 aliphatic rings. The van der Waals surface area contributed by atoms with Crippen LogP contribution >= 0.6 is 0 Å². The van der Waals surface area contributed by atoms with Gasteiger partial charge in [0.25, 0.3) is 10.0 Å². The monoisotopic (exact) mass is 505 g/mol. The predicted molar refractivity (Wildman–Crippen MR) is 127 cm³/mol. The highest BCUT2D eigenvalue weighted by Gasteiger charge is 2.38. The summed E-state index contributed by atoms with van der Waals surface area (Å²) in [4.78, 5) is 8.01. The highest BCUT2D eigenvalue weighted by molar-refractivity contribution is 7.92. The van der Waals surface area contributed by atoms with Gasteiger partial charge in [0.15, 0.2) is 10.8 Å². The van der Waals surface area contributed by atoms with Gasteiger partial charge in [0.2, 0.25) is 0 Å². The molecule has 3 aromatic rings. The van der Waals surface area contributed by atoms with Crippen LogP contribution in [0.1, 0.15) is 24.0 Å². The largest absolute Gasteiger partial charge is 0.418 e. The highest BCUT2D eigenvalue weighted by atomic mass is 32.2. The second-order valence-corrected chi connectivity index (χ2v) is 10.0. The van der Waals surface area contributed by atoms with Crippen LogP contribution in [0.2, 0.25) is 0 Å².